The van der Waals surface area contributed by atoms with Crippen LogP contribution in [0.4, 0.5) is 11.5 Å². The summed E-state index contributed by atoms with van der Waals surface area (Å²) in [6, 6.07) is 4.31. The molecule has 1 rings (SSSR count). The fourth-order valence-corrected chi connectivity index (χ4v) is 1.45. The normalized spacial score (nSPS) is 12.8. The van der Waals surface area contributed by atoms with E-state index in [2.05, 4.69) is 36.1 Å². The van der Waals surface area contributed by atoms with Gasteiger partial charge in [0.05, 0.1) is 5.69 Å². The molecule has 1 aromatic rings. The van der Waals surface area contributed by atoms with E-state index in [9.17, 15) is 0 Å². The summed E-state index contributed by atoms with van der Waals surface area (Å²) in [6.45, 7) is 6.29. The van der Waals surface area contributed by atoms with Gasteiger partial charge in [0.15, 0.2) is 0 Å². The lowest BCUT2D eigenvalue weighted by Crippen LogP contribution is -2.32. The van der Waals surface area contributed by atoms with Crippen LogP contribution in [0.5, 0.6) is 0 Å². The predicted octanol–water partition coefficient (Wildman–Crippen LogP) is 1.81. The maximum Gasteiger partial charge on any atom is 0.149 e. The van der Waals surface area contributed by atoms with Gasteiger partial charge in [0.2, 0.25) is 0 Å². The third kappa shape index (κ3) is 3.70. The first-order valence-electron chi connectivity index (χ1n) is 5.79. The molecule has 0 saturated carbocycles. The van der Waals surface area contributed by atoms with Crippen LogP contribution in [0.25, 0.3) is 0 Å². The van der Waals surface area contributed by atoms with E-state index in [1.807, 2.05) is 12.1 Å². The summed E-state index contributed by atoms with van der Waals surface area (Å²) < 4.78 is 0. The quantitative estimate of drug-likeness (QED) is 0.770. The molecule has 16 heavy (non-hydrogen) atoms. The highest BCUT2D eigenvalue weighted by atomic mass is 15.1. The van der Waals surface area contributed by atoms with E-state index in [1.165, 1.54) is 6.42 Å². The largest absolute Gasteiger partial charge is 0.396 e. The number of anilines is 2. The van der Waals surface area contributed by atoms with Crippen LogP contribution >= 0.6 is 0 Å². The maximum absolute atomic E-state index is 5.78. The van der Waals surface area contributed by atoms with Crippen molar-refractivity contribution in [3.8, 4) is 0 Å². The summed E-state index contributed by atoms with van der Waals surface area (Å²) in [7, 11) is 2.14. The van der Waals surface area contributed by atoms with Gasteiger partial charge in [-0.1, -0.05) is 6.92 Å². The average molecular weight is 222 g/mol. The molecule has 3 N–H and O–H groups in total. The third-order valence-electron chi connectivity index (χ3n) is 2.94. The first-order valence-corrected chi connectivity index (χ1v) is 5.79. The van der Waals surface area contributed by atoms with Crippen LogP contribution in [0.1, 0.15) is 20.3 Å². The van der Waals surface area contributed by atoms with Crippen molar-refractivity contribution in [3.63, 3.8) is 0 Å². The van der Waals surface area contributed by atoms with Crippen molar-refractivity contribution in [2.45, 2.75) is 26.3 Å². The Morgan fingerprint density at radius 2 is 2.31 bits per heavy atom. The monoisotopic (exact) mass is 222 g/mol. The van der Waals surface area contributed by atoms with Crippen molar-refractivity contribution in [1.82, 2.24) is 9.88 Å². The standard InChI is InChI=1S/C12H22N4/c1-4-10(2)16(3)9-8-15-12-11(13)6-5-7-14-12/h5-7,10H,4,8-9,13H2,1-3H3,(H,14,15). The minimum absolute atomic E-state index is 0.614. The Bertz CT molecular complexity index is 314. The fourth-order valence-electron chi connectivity index (χ4n) is 1.45. The van der Waals surface area contributed by atoms with Crippen molar-refractivity contribution in [2.24, 2.45) is 0 Å². The van der Waals surface area contributed by atoms with Crippen LogP contribution in [0.15, 0.2) is 18.3 Å². The van der Waals surface area contributed by atoms with Gasteiger partial charge in [0, 0.05) is 25.3 Å². The van der Waals surface area contributed by atoms with Gasteiger partial charge in [-0.3, -0.25) is 0 Å². The van der Waals surface area contributed by atoms with Crippen LogP contribution in [0, 0.1) is 0 Å². The number of nitrogens with one attached hydrogen (secondary N) is 1. The van der Waals surface area contributed by atoms with E-state index >= 15 is 0 Å². The van der Waals surface area contributed by atoms with Crippen LogP contribution < -0.4 is 11.1 Å². The number of hydrogen-bond donors (Lipinski definition) is 2. The molecule has 1 atom stereocenters. The first-order chi connectivity index (χ1) is 7.65. The molecule has 4 heteroatoms. The molecule has 0 saturated heterocycles. The van der Waals surface area contributed by atoms with Gasteiger partial charge >= 0.3 is 0 Å². The second-order valence-corrected chi connectivity index (χ2v) is 4.11. The van der Waals surface area contributed by atoms with Crippen LogP contribution in [-0.2, 0) is 0 Å². The zero-order chi connectivity index (χ0) is 12.0. The lowest BCUT2D eigenvalue weighted by atomic mass is 10.2. The highest BCUT2D eigenvalue weighted by Gasteiger charge is 2.06. The molecular weight excluding hydrogens is 200 g/mol. The van der Waals surface area contributed by atoms with E-state index < -0.39 is 0 Å². The van der Waals surface area contributed by atoms with Crippen molar-refractivity contribution < 1.29 is 0 Å². The van der Waals surface area contributed by atoms with Gasteiger partial charge in [-0.15, -0.1) is 0 Å². The summed E-state index contributed by atoms with van der Waals surface area (Å²) in [5.74, 6) is 0.778. The van der Waals surface area contributed by atoms with E-state index in [4.69, 9.17) is 5.73 Å². The molecule has 0 aliphatic rings. The minimum Gasteiger partial charge on any atom is -0.396 e. The third-order valence-corrected chi connectivity index (χ3v) is 2.94. The van der Waals surface area contributed by atoms with Gasteiger partial charge in [0.25, 0.3) is 0 Å². The van der Waals surface area contributed by atoms with Crippen LogP contribution in [0.3, 0.4) is 0 Å². The number of rotatable bonds is 6. The molecule has 0 aromatic carbocycles. The molecule has 0 bridgehead atoms. The molecular formula is C12H22N4. The van der Waals surface area contributed by atoms with Gasteiger partial charge in [-0.25, -0.2) is 4.98 Å². The number of nitrogen functional groups attached to an aromatic ring is 1. The topological polar surface area (TPSA) is 54.2 Å². The van der Waals surface area contributed by atoms with E-state index in [0.717, 1.165) is 18.9 Å². The second-order valence-electron chi connectivity index (χ2n) is 4.11. The van der Waals surface area contributed by atoms with Crippen molar-refractivity contribution in [1.29, 1.82) is 0 Å². The van der Waals surface area contributed by atoms with Gasteiger partial charge < -0.3 is 16.0 Å². The molecule has 90 valence electrons. The SMILES string of the molecule is CCC(C)N(C)CCNc1ncccc1N. The van der Waals surface area contributed by atoms with Gasteiger partial charge in [0.1, 0.15) is 5.82 Å². The van der Waals surface area contributed by atoms with Gasteiger partial charge in [-0.2, -0.15) is 0 Å². The second kappa shape index (κ2) is 6.33. The Morgan fingerprint density at radius 3 is 2.94 bits per heavy atom. The molecule has 0 spiro atoms. The number of pyridine rings is 1. The molecule has 0 aliphatic carbocycles. The summed E-state index contributed by atoms with van der Waals surface area (Å²) in [6.07, 6.45) is 2.92. The van der Waals surface area contributed by atoms with E-state index in [-0.39, 0.29) is 0 Å². The number of nitrogens with zero attached hydrogens (tertiary/aromatic N) is 2. The van der Waals surface area contributed by atoms with Crippen LogP contribution in [0.2, 0.25) is 0 Å². The molecule has 1 heterocycles. The number of likely N-dealkylation sites (N-methyl/N-ethyl adjacent to an activating group) is 1. The fraction of sp³-hybridized carbons (Fsp3) is 0.583. The number of aromatic nitrogens is 1. The highest BCUT2D eigenvalue weighted by Crippen LogP contribution is 2.12. The lowest BCUT2D eigenvalue weighted by Gasteiger charge is -2.23. The van der Waals surface area contributed by atoms with Crippen LogP contribution in [-0.4, -0.2) is 36.1 Å². The summed E-state index contributed by atoms with van der Waals surface area (Å²) in [5, 5.41) is 3.25. The predicted molar refractivity (Wildman–Crippen MR) is 69.5 cm³/mol. The Labute approximate surface area is 97.9 Å². The zero-order valence-electron chi connectivity index (χ0n) is 10.4. The maximum atomic E-state index is 5.78. The Morgan fingerprint density at radius 1 is 1.56 bits per heavy atom. The zero-order valence-corrected chi connectivity index (χ0v) is 10.4. The smallest absolute Gasteiger partial charge is 0.149 e. The summed E-state index contributed by atoms with van der Waals surface area (Å²) in [4.78, 5) is 6.51. The molecule has 0 amide bonds. The van der Waals surface area contributed by atoms with E-state index in [0.29, 0.717) is 11.7 Å². The van der Waals surface area contributed by atoms with Crippen molar-refractivity contribution in [2.75, 3.05) is 31.2 Å². The average Bonchev–Trinajstić information content (AvgIpc) is 2.30. The summed E-state index contributed by atoms with van der Waals surface area (Å²) >= 11 is 0. The van der Waals surface area contributed by atoms with E-state index in [1.54, 1.807) is 6.20 Å². The Balaban J connectivity index is 2.33. The molecule has 0 fully saturated rings. The molecule has 0 aliphatic heterocycles. The molecule has 1 aromatic heterocycles. The highest BCUT2D eigenvalue weighted by molar-refractivity contribution is 5.60. The van der Waals surface area contributed by atoms with Crippen molar-refractivity contribution in [3.05, 3.63) is 18.3 Å². The number of nitrogens with two attached hydrogens (primary N) is 1. The Hall–Kier alpha value is -1.29. The summed E-state index contributed by atoms with van der Waals surface area (Å²) in [5.41, 5.74) is 6.49. The molecule has 1 unspecified atom stereocenters. The lowest BCUT2D eigenvalue weighted by molar-refractivity contribution is 0.261. The molecule has 4 nitrogen and oxygen atoms in total. The van der Waals surface area contributed by atoms with Gasteiger partial charge in [-0.05, 0) is 32.5 Å². The Kier molecular flexibility index (Phi) is 5.05. The minimum atomic E-state index is 0.614. The van der Waals surface area contributed by atoms with Crippen molar-refractivity contribution >= 4 is 11.5 Å². The first kappa shape index (κ1) is 12.8. The molecule has 0 radical (unpaired) electrons. The number of hydrogen-bond acceptors (Lipinski definition) is 4.